The lowest BCUT2D eigenvalue weighted by Crippen LogP contribution is -1.95. The molecule has 4 aromatic heterocycles. The molecule has 0 saturated carbocycles. The van der Waals surface area contributed by atoms with Crippen LogP contribution in [0.3, 0.4) is 0 Å². The maximum Gasteiger partial charge on any atom is 0.124 e. The molecule has 0 aliphatic rings. The van der Waals surface area contributed by atoms with Crippen LogP contribution in [-0.2, 0) is 0 Å². The SMILES string of the molecule is c1cc(-c2cc(-c3ccsc3)ccn2)cc(-n2c3ccccc3c3ccc(-c4nc5ccccc5s4)cc32)c1. The average Bonchev–Trinajstić information content (AvgIpc) is 3.75. The molecule has 0 N–H and O–H groups in total. The number of hydrogen-bond donors (Lipinski definition) is 0. The van der Waals surface area contributed by atoms with Crippen LogP contribution in [0.1, 0.15) is 0 Å². The largest absolute Gasteiger partial charge is 0.309 e. The van der Waals surface area contributed by atoms with Crippen molar-refractivity contribution < 1.29 is 0 Å². The van der Waals surface area contributed by atoms with E-state index in [0.29, 0.717) is 0 Å². The van der Waals surface area contributed by atoms with Crippen LogP contribution in [0.4, 0.5) is 0 Å². The molecule has 4 heterocycles. The number of para-hydroxylation sites is 2. The minimum Gasteiger partial charge on any atom is -0.309 e. The number of rotatable bonds is 4. The molecular formula is C34H21N3S2. The number of nitrogens with zero attached hydrogens (tertiary/aromatic N) is 3. The highest BCUT2D eigenvalue weighted by Gasteiger charge is 2.15. The van der Waals surface area contributed by atoms with Gasteiger partial charge in [0.2, 0.25) is 0 Å². The van der Waals surface area contributed by atoms with Crippen LogP contribution in [0.25, 0.3) is 70.7 Å². The number of benzene rings is 4. The zero-order valence-corrected chi connectivity index (χ0v) is 22.4. The van der Waals surface area contributed by atoms with E-state index in [1.807, 2.05) is 12.3 Å². The number of thiophene rings is 1. The molecule has 0 saturated heterocycles. The lowest BCUT2D eigenvalue weighted by molar-refractivity contribution is 1.18. The van der Waals surface area contributed by atoms with Crippen LogP contribution in [0.2, 0.25) is 0 Å². The monoisotopic (exact) mass is 535 g/mol. The van der Waals surface area contributed by atoms with E-state index >= 15 is 0 Å². The highest BCUT2D eigenvalue weighted by atomic mass is 32.1. The Hall–Kier alpha value is -4.58. The van der Waals surface area contributed by atoms with E-state index in [-0.39, 0.29) is 0 Å². The highest BCUT2D eigenvalue weighted by Crippen LogP contribution is 2.37. The van der Waals surface area contributed by atoms with Gasteiger partial charge in [-0.15, -0.1) is 11.3 Å². The lowest BCUT2D eigenvalue weighted by atomic mass is 10.1. The van der Waals surface area contributed by atoms with Crippen molar-refractivity contribution in [2.24, 2.45) is 0 Å². The van der Waals surface area contributed by atoms with Gasteiger partial charge in [0.05, 0.1) is 26.9 Å². The molecule has 184 valence electrons. The van der Waals surface area contributed by atoms with Crippen molar-refractivity contribution in [1.29, 1.82) is 0 Å². The van der Waals surface area contributed by atoms with Crippen LogP contribution < -0.4 is 0 Å². The summed E-state index contributed by atoms with van der Waals surface area (Å²) in [4.78, 5) is 9.66. The molecule has 5 heteroatoms. The summed E-state index contributed by atoms with van der Waals surface area (Å²) in [5, 5.41) is 7.81. The first-order valence-electron chi connectivity index (χ1n) is 12.8. The first kappa shape index (κ1) is 22.4. The second-order valence-electron chi connectivity index (χ2n) is 9.56. The van der Waals surface area contributed by atoms with Gasteiger partial charge in [0.25, 0.3) is 0 Å². The minimum atomic E-state index is 0.969. The van der Waals surface area contributed by atoms with Gasteiger partial charge in [-0.2, -0.15) is 11.3 Å². The van der Waals surface area contributed by atoms with Crippen molar-refractivity contribution in [3.8, 4) is 38.6 Å². The molecule has 8 aromatic rings. The molecule has 8 rings (SSSR count). The van der Waals surface area contributed by atoms with Crippen LogP contribution in [0, 0.1) is 0 Å². The van der Waals surface area contributed by atoms with Gasteiger partial charge in [0.1, 0.15) is 5.01 Å². The van der Waals surface area contributed by atoms with Crippen molar-refractivity contribution in [2.45, 2.75) is 0 Å². The summed E-state index contributed by atoms with van der Waals surface area (Å²) < 4.78 is 3.58. The van der Waals surface area contributed by atoms with E-state index in [0.717, 1.165) is 33.0 Å². The van der Waals surface area contributed by atoms with E-state index in [4.69, 9.17) is 9.97 Å². The average molecular weight is 536 g/mol. The van der Waals surface area contributed by atoms with Gasteiger partial charge in [-0.25, -0.2) is 4.98 Å². The van der Waals surface area contributed by atoms with E-state index in [1.54, 1.807) is 22.7 Å². The van der Waals surface area contributed by atoms with E-state index in [1.165, 1.54) is 37.6 Å². The molecule has 0 bridgehead atoms. The third-order valence-electron chi connectivity index (χ3n) is 7.23. The Balaban J connectivity index is 1.31. The molecule has 39 heavy (non-hydrogen) atoms. The van der Waals surface area contributed by atoms with Crippen LogP contribution in [-0.4, -0.2) is 14.5 Å². The predicted molar refractivity (Wildman–Crippen MR) is 166 cm³/mol. The van der Waals surface area contributed by atoms with Gasteiger partial charge >= 0.3 is 0 Å². The normalized spacial score (nSPS) is 11.6. The fourth-order valence-electron chi connectivity index (χ4n) is 5.38. The summed E-state index contributed by atoms with van der Waals surface area (Å²) in [5.41, 5.74) is 10.1. The lowest BCUT2D eigenvalue weighted by Gasteiger charge is -2.11. The molecule has 0 radical (unpaired) electrons. The molecule has 0 spiro atoms. The smallest absolute Gasteiger partial charge is 0.124 e. The maximum absolute atomic E-state index is 4.93. The summed E-state index contributed by atoms with van der Waals surface area (Å²) >= 11 is 3.45. The van der Waals surface area contributed by atoms with Crippen LogP contribution in [0.5, 0.6) is 0 Å². The maximum atomic E-state index is 4.93. The number of pyridine rings is 1. The zero-order valence-electron chi connectivity index (χ0n) is 20.8. The van der Waals surface area contributed by atoms with Gasteiger partial charge in [0.15, 0.2) is 0 Å². The first-order valence-corrected chi connectivity index (χ1v) is 14.6. The van der Waals surface area contributed by atoms with E-state index < -0.39 is 0 Å². The van der Waals surface area contributed by atoms with Gasteiger partial charge in [-0.05, 0) is 76.5 Å². The standard InChI is InChI=1S/C34H21N3S2/c1-3-10-31-27(8-1)28-13-12-24(34-36-29-9-2-4-11-33(29)39-34)20-32(28)37(31)26-7-5-6-23(18-26)30-19-22(14-16-35-30)25-15-17-38-21-25/h1-21H. The third kappa shape index (κ3) is 3.78. The van der Waals surface area contributed by atoms with E-state index in [2.05, 4.69) is 118 Å². The van der Waals surface area contributed by atoms with Gasteiger partial charge in [-0.1, -0.05) is 54.6 Å². The van der Waals surface area contributed by atoms with Crippen molar-refractivity contribution in [2.75, 3.05) is 0 Å². The predicted octanol–water partition coefficient (Wildman–Crippen LogP) is 9.85. The van der Waals surface area contributed by atoms with Crippen molar-refractivity contribution in [3.05, 3.63) is 126 Å². The van der Waals surface area contributed by atoms with Gasteiger partial charge < -0.3 is 4.57 Å². The summed E-state index contributed by atoms with van der Waals surface area (Å²) in [6.07, 6.45) is 1.90. The Labute approximate surface area is 233 Å². The second kappa shape index (κ2) is 9.02. The van der Waals surface area contributed by atoms with Crippen molar-refractivity contribution in [1.82, 2.24) is 14.5 Å². The number of thiazole rings is 1. The van der Waals surface area contributed by atoms with Gasteiger partial charge in [-0.3, -0.25) is 4.98 Å². The Morgan fingerprint density at radius 2 is 1.51 bits per heavy atom. The number of hydrogen-bond acceptors (Lipinski definition) is 4. The molecule has 0 amide bonds. The molecular weight excluding hydrogens is 515 g/mol. The first-order chi connectivity index (χ1) is 19.3. The fraction of sp³-hybridized carbons (Fsp3) is 0. The molecule has 0 atom stereocenters. The van der Waals surface area contributed by atoms with Gasteiger partial charge in [0, 0.05) is 33.8 Å². The Kier molecular flexibility index (Phi) is 5.18. The number of fused-ring (bicyclic) bond motifs is 4. The van der Waals surface area contributed by atoms with Crippen molar-refractivity contribution >= 4 is 54.7 Å². The highest BCUT2D eigenvalue weighted by molar-refractivity contribution is 7.21. The third-order valence-corrected chi connectivity index (χ3v) is 9.00. The Bertz CT molecular complexity index is 2100. The molecule has 0 fully saturated rings. The Morgan fingerprint density at radius 3 is 2.44 bits per heavy atom. The quantitative estimate of drug-likeness (QED) is 0.224. The summed E-state index contributed by atoms with van der Waals surface area (Å²) in [6, 6.07) is 38.8. The molecule has 0 aliphatic heterocycles. The van der Waals surface area contributed by atoms with Crippen LogP contribution >= 0.6 is 22.7 Å². The van der Waals surface area contributed by atoms with Crippen LogP contribution in [0.15, 0.2) is 126 Å². The molecule has 3 nitrogen and oxygen atoms in total. The zero-order chi connectivity index (χ0) is 25.8. The fourth-order valence-corrected chi connectivity index (χ4v) is 7.01. The molecule has 0 unspecified atom stereocenters. The topological polar surface area (TPSA) is 30.7 Å². The molecule has 4 aromatic carbocycles. The van der Waals surface area contributed by atoms with Crippen molar-refractivity contribution in [3.63, 3.8) is 0 Å². The summed E-state index contributed by atoms with van der Waals surface area (Å²) in [6.45, 7) is 0. The summed E-state index contributed by atoms with van der Waals surface area (Å²) in [5.74, 6) is 0. The summed E-state index contributed by atoms with van der Waals surface area (Å²) in [7, 11) is 0. The number of aromatic nitrogens is 3. The Morgan fingerprint density at radius 1 is 0.615 bits per heavy atom. The minimum absolute atomic E-state index is 0.969. The van der Waals surface area contributed by atoms with E-state index in [9.17, 15) is 0 Å². The molecule has 0 aliphatic carbocycles. The second-order valence-corrected chi connectivity index (χ2v) is 11.4.